The molecule has 0 unspecified atom stereocenters. The van der Waals surface area contributed by atoms with Gasteiger partial charge in [-0.05, 0) is 42.7 Å². The fourth-order valence-corrected chi connectivity index (χ4v) is 3.46. The molecule has 0 fully saturated rings. The minimum Gasteiger partial charge on any atom is -0.465 e. The molecule has 0 amide bonds. The van der Waals surface area contributed by atoms with Gasteiger partial charge in [0.05, 0.1) is 12.7 Å². The quantitative estimate of drug-likeness (QED) is 0.699. The predicted octanol–water partition coefficient (Wildman–Crippen LogP) is 3.88. The number of hydrogen-bond donors (Lipinski definition) is 1. The zero-order chi connectivity index (χ0) is 19.5. The van der Waals surface area contributed by atoms with Crippen molar-refractivity contribution in [1.29, 1.82) is 0 Å². The van der Waals surface area contributed by atoms with E-state index < -0.39 is 0 Å². The average Bonchev–Trinajstić information content (AvgIpc) is 2.72. The molecule has 2 aromatic carbocycles. The molecular formula is C22H22N4O2. The number of nitrogens with zero attached hydrogens (tertiary/aromatic N) is 3. The van der Waals surface area contributed by atoms with Crippen molar-refractivity contribution in [2.75, 3.05) is 23.9 Å². The molecule has 0 spiro atoms. The van der Waals surface area contributed by atoms with Crippen LogP contribution in [0.25, 0.3) is 0 Å². The maximum absolute atomic E-state index is 11.8. The minimum atomic E-state index is -0.366. The summed E-state index contributed by atoms with van der Waals surface area (Å²) in [5, 5.41) is 3.28. The second-order valence-electron chi connectivity index (χ2n) is 6.80. The molecule has 0 aliphatic carbocycles. The van der Waals surface area contributed by atoms with Crippen LogP contribution in [0.4, 0.5) is 17.3 Å². The van der Waals surface area contributed by atoms with Gasteiger partial charge >= 0.3 is 5.97 Å². The highest BCUT2D eigenvalue weighted by atomic mass is 16.5. The Hall–Kier alpha value is -3.41. The number of fused-ring (bicyclic) bond motifs is 1. The summed E-state index contributed by atoms with van der Waals surface area (Å²) in [7, 11) is 1.37. The highest BCUT2D eigenvalue weighted by Gasteiger charge is 2.18. The molecule has 0 saturated heterocycles. The number of carbonyl (C=O) groups excluding carboxylic acids is 1. The Bertz CT molecular complexity index is 1020. The molecule has 1 aromatic heterocycles. The van der Waals surface area contributed by atoms with Crippen LogP contribution in [-0.2, 0) is 17.7 Å². The van der Waals surface area contributed by atoms with Crippen LogP contribution in [0.15, 0.2) is 54.6 Å². The molecule has 0 radical (unpaired) electrons. The van der Waals surface area contributed by atoms with Gasteiger partial charge in [0.2, 0.25) is 0 Å². The van der Waals surface area contributed by atoms with Crippen LogP contribution in [-0.4, -0.2) is 29.6 Å². The van der Waals surface area contributed by atoms with Gasteiger partial charge in [-0.3, -0.25) is 0 Å². The molecule has 0 saturated carbocycles. The van der Waals surface area contributed by atoms with E-state index in [1.807, 2.05) is 25.1 Å². The van der Waals surface area contributed by atoms with Gasteiger partial charge in [-0.1, -0.05) is 30.3 Å². The van der Waals surface area contributed by atoms with E-state index in [4.69, 9.17) is 4.74 Å². The molecule has 142 valence electrons. The summed E-state index contributed by atoms with van der Waals surface area (Å²) in [5.41, 5.74) is 4.01. The third kappa shape index (κ3) is 3.81. The zero-order valence-electron chi connectivity index (χ0n) is 16.0. The number of carbonyl (C=O) groups is 1. The van der Waals surface area contributed by atoms with Crippen LogP contribution in [0.3, 0.4) is 0 Å². The maximum Gasteiger partial charge on any atom is 0.337 e. The van der Waals surface area contributed by atoms with E-state index in [-0.39, 0.29) is 5.97 Å². The lowest BCUT2D eigenvalue weighted by Gasteiger charge is -2.30. The average molecular weight is 374 g/mol. The molecule has 6 nitrogen and oxygen atoms in total. The van der Waals surface area contributed by atoms with Crippen LogP contribution in [0.2, 0.25) is 0 Å². The van der Waals surface area contributed by atoms with Gasteiger partial charge in [-0.25, -0.2) is 14.8 Å². The first-order valence-corrected chi connectivity index (χ1v) is 9.25. The lowest BCUT2D eigenvalue weighted by atomic mass is 10.00. The fourth-order valence-electron chi connectivity index (χ4n) is 3.46. The van der Waals surface area contributed by atoms with E-state index >= 15 is 0 Å². The summed E-state index contributed by atoms with van der Waals surface area (Å²) < 4.78 is 4.79. The molecule has 0 bridgehead atoms. The SMILES string of the molecule is COC(=O)c1cccc(Nc2cc(N3CCc4ccccc4C3)nc(C)n2)c1. The summed E-state index contributed by atoms with van der Waals surface area (Å²) in [6.07, 6.45) is 1.00. The van der Waals surface area contributed by atoms with Crippen molar-refractivity contribution < 1.29 is 9.53 Å². The van der Waals surface area contributed by atoms with Gasteiger partial charge in [0.25, 0.3) is 0 Å². The second kappa shape index (κ2) is 7.68. The van der Waals surface area contributed by atoms with Crippen molar-refractivity contribution in [3.05, 3.63) is 77.1 Å². The number of hydrogen-bond acceptors (Lipinski definition) is 6. The van der Waals surface area contributed by atoms with Crippen molar-refractivity contribution in [1.82, 2.24) is 9.97 Å². The predicted molar refractivity (Wildman–Crippen MR) is 109 cm³/mol. The highest BCUT2D eigenvalue weighted by Crippen LogP contribution is 2.26. The summed E-state index contributed by atoms with van der Waals surface area (Å²) in [5.74, 6) is 1.93. The summed E-state index contributed by atoms with van der Waals surface area (Å²) in [6.45, 7) is 3.64. The van der Waals surface area contributed by atoms with Crippen molar-refractivity contribution in [3.63, 3.8) is 0 Å². The first kappa shape index (κ1) is 18.0. The Morgan fingerprint density at radius 2 is 1.89 bits per heavy atom. The number of anilines is 3. The van der Waals surface area contributed by atoms with Crippen LogP contribution in [0.5, 0.6) is 0 Å². The molecule has 2 heterocycles. The normalized spacial score (nSPS) is 13.0. The third-order valence-corrected chi connectivity index (χ3v) is 4.84. The minimum absolute atomic E-state index is 0.366. The lowest BCUT2D eigenvalue weighted by molar-refractivity contribution is 0.0601. The number of rotatable bonds is 4. The second-order valence-corrected chi connectivity index (χ2v) is 6.80. The number of aromatic nitrogens is 2. The highest BCUT2D eigenvalue weighted by molar-refractivity contribution is 5.90. The fraction of sp³-hybridized carbons (Fsp3) is 0.227. The third-order valence-electron chi connectivity index (χ3n) is 4.84. The van der Waals surface area contributed by atoms with E-state index in [2.05, 4.69) is 44.5 Å². The van der Waals surface area contributed by atoms with Crippen molar-refractivity contribution in [2.24, 2.45) is 0 Å². The van der Waals surface area contributed by atoms with E-state index in [0.29, 0.717) is 17.2 Å². The summed E-state index contributed by atoms with van der Waals surface area (Å²) >= 11 is 0. The Kier molecular flexibility index (Phi) is 4.93. The van der Waals surface area contributed by atoms with Gasteiger partial charge in [0.1, 0.15) is 17.5 Å². The summed E-state index contributed by atoms with van der Waals surface area (Å²) in [4.78, 5) is 23.2. The standard InChI is InChI=1S/C22H22N4O2/c1-15-23-20(25-19-9-5-8-17(12-19)22(27)28-2)13-21(24-15)26-11-10-16-6-3-4-7-18(16)14-26/h3-9,12-13H,10-11,14H2,1-2H3,(H,23,24,25). The molecular weight excluding hydrogens is 352 g/mol. The van der Waals surface area contributed by atoms with Crippen molar-refractivity contribution >= 4 is 23.3 Å². The smallest absolute Gasteiger partial charge is 0.337 e. The Morgan fingerprint density at radius 1 is 1.07 bits per heavy atom. The number of methoxy groups -OCH3 is 1. The van der Waals surface area contributed by atoms with Gasteiger partial charge in [-0.15, -0.1) is 0 Å². The number of aryl methyl sites for hydroxylation is 1. The Labute approximate surface area is 164 Å². The van der Waals surface area contributed by atoms with Crippen molar-refractivity contribution in [3.8, 4) is 0 Å². The molecule has 0 atom stereocenters. The van der Waals surface area contributed by atoms with E-state index in [9.17, 15) is 4.79 Å². The van der Waals surface area contributed by atoms with Crippen LogP contribution in [0.1, 0.15) is 27.3 Å². The first-order valence-electron chi connectivity index (χ1n) is 9.25. The summed E-state index contributed by atoms with van der Waals surface area (Å²) in [6, 6.07) is 17.7. The zero-order valence-corrected chi connectivity index (χ0v) is 16.0. The van der Waals surface area contributed by atoms with Crippen molar-refractivity contribution in [2.45, 2.75) is 19.9 Å². The van der Waals surface area contributed by atoms with Gasteiger partial charge in [0.15, 0.2) is 0 Å². The Morgan fingerprint density at radius 3 is 2.71 bits per heavy atom. The number of benzene rings is 2. The monoisotopic (exact) mass is 374 g/mol. The number of ether oxygens (including phenoxy) is 1. The number of nitrogens with one attached hydrogen (secondary N) is 1. The van der Waals surface area contributed by atoms with E-state index in [1.165, 1.54) is 18.2 Å². The topological polar surface area (TPSA) is 67.3 Å². The molecule has 1 aliphatic rings. The van der Waals surface area contributed by atoms with Crippen LogP contribution >= 0.6 is 0 Å². The lowest BCUT2D eigenvalue weighted by Crippen LogP contribution is -2.31. The molecule has 3 aromatic rings. The molecule has 1 aliphatic heterocycles. The first-order chi connectivity index (χ1) is 13.6. The van der Waals surface area contributed by atoms with Crippen LogP contribution in [0, 0.1) is 6.92 Å². The van der Waals surface area contributed by atoms with Gasteiger partial charge in [0, 0.05) is 24.8 Å². The molecule has 4 rings (SSSR count). The van der Waals surface area contributed by atoms with Crippen LogP contribution < -0.4 is 10.2 Å². The van der Waals surface area contributed by atoms with Gasteiger partial charge in [-0.2, -0.15) is 0 Å². The molecule has 1 N–H and O–H groups in total. The van der Waals surface area contributed by atoms with E-state index in [1.54, 1.807) is 12.1 Å². The van der Waals surface area contributed by atoms with E-state index in [0.717, 1.165) is 31.0 Å². The maximum atomic E-state index is 11.8. The number of esters is 1. The Balaban J connectivity index is 1.57. The molecule has 28 heavy (non-hydrogen) atoms. The largest absolute Gasteiger partial charge is 0.465 e. The van der Waals surface area contributed by atoms with Gasteiger partial charge < -0.3 is 15.0 Å². The molecule has 6 heteroatoms.